The Balaban J connectivity index is 2.98. The van der Waals surface area contributed by atoms with Crippen LogP contribution in [0.5, 0.6) is 5.75 Å². The summed E-state index contributed by atoms with van der Waals surface area (Å²) in [6.07, 6.45) is -0.105. The molecule has 1 unspecified atom stereocenters. The van der Waals surface area contributed by atoms with Gasteiger partial charge >= 0.3 is 5.97 Å². The summed E-state index contributed by atoms with van der Waals surface area (Å²) in [5.41, 5.74) is 6.49. The number of carboxylic acids is 1. The van der Waals surface area contributed by atoms with E-state index in [9.17, 15) is 4.79 Å². The van der Waals surface area contributed by atoms with Crippen molar-refractivity contribution in [2.75, 3.05) is 7.11 Å². The molecule has 0 saturated carbocycles. The Hall–Kier alpha value is -1.07. The van der Waals surface area contributed by atoms with Crippen LogP contribution >= 0.6 is 15.9 Å². The summed E-state index contributed by atoms with van der Waals surface area (Å²) >= 11 is 3.33. The highest BCUT2D eigenvalue weighted by Gasteiger charge is 2.15. The minimum atomic E-state index is -0.919. The van der Waals surface area contributed by atoms with E-state index in [0.717, 1.165) is 5.56 Å². The molecule has 0 amide bonds. The zero-order valence-corrected chi connectivity index (χ0v) is 9.82. The van der Waals surface area contributed by atoms with Gasteiger partial charge in [0.05, 0.1) is 18.0 Å². The third-order valence-electron chi connectivity index (χ3n) is 2.01. The summed E-state index contributed by atoms with van der Waals surface area (Å²) in [4.78, 5) is 10.5. The van der Waals surface area contributed by atoms with Gasteiger partial charge in [-0.25, -0.2) is 0 Å². The first-order valence-electron chi connectivity index (χ1n) is 4.36. The quantitative estimate of drug-likeness (QED) is 0.880. The van der Waals surface area contributed by atoms with Crippen molar-refractivity contribution >= 4 is 21.9 Å². The van der Waals surface area contributed by atoms with Gasteiger partial charge < -0.3 is 15.6 Å². The van der Waals surface area contributed by atoms with E-state index in [2.05, 4.69) is 15.9 Å². The second-order valence-corrected chi connectivity index (χ2v) is 3.86. The number of ether oxygens (including phenoxy) is 1. The fourth-order valence-corrected chi connectivity index (χ4v) is 1.99. The molecule has 0 aromatic heterocycles. The van der Waals surface area contributed by atoms with E-state index in [0.29, 0.717) is 10.2 Å². The molecule has 0 aliphatic carbocycles. The van der Waals surface area contributed by atoms with Crippen molar-refractivity contribution in [3.05, 3.63) is 28.2 Å². The maximum Gasteiger partial charge on any atom is 0.305 e. The zero-order chi connectivity index (χ0) is 11.4. The number of rotatable bonds is 4. The minimum Gasteiger partial charge on any atom is -0.496 e. The summed E-state index contributed by atoms with van der Waals surface area (Å²) in [6.45, 7) is 0. The summed E-state index contributed by atoms with van der Waals surface area (Å²) in [6, 6.07) is 4.80. The maximum absolute atomic E-state index is 10.5. The van der Waals surface area contributed by atoms with Crippen LogP contribution in [0.25, 0.3) is 0 Å². The Morgan fingerprint density at radius 2 is 2.33 bits per heavy atom. The minimum absolute atomic E-state index is 0.105. The van der Waals surface area contributed by atoms with Gasteiger partial charge in [0.25, 0.3) is 0 Å². The van der Waals surface area contributed by atoms with Crippen LogP contribution in [0.3, 0.4) is 0 Å². The van der Waals surface area contributed by atoms with Crippen LogP contribution in [-0.4, -0.2) is 18.2 Å². The second-order valence-electron chi connectivity index (χ2n) is 3.07. The molecule has 1 atom stereocenters. The van der Waals surface area contributed by atoms with Gasteiger partial charge in [-0.1, -0.05) is 12.1 Å². The lowest BCUT2D eigenvalue weighted by Gasteiger charge is -2.13. The Bertz CT molecular complexity index is 368. The van der Waals surface area contributed by atoms with Crippen LogP contribution in [-0.2, 0) is 4.79 Å². The number of carbonyl (C=O) groups is 1. The summed E-state index contributed by atoms with van der Waals surface area (Å²) < 4.78 is 5.80. The van der Waals surface area contributed by atoms with Gasteiger partial charge in [0.2, 0.25) is 0 Å². The number of hydrogen-bond acceptors (Lipinski definition) is 3. The van der Waals surface area contributed by atoms with Gasteiger partial charge in [-0.3, -0.25) is 4.79 Å². The number of benzene rings is 1. The van der Waals surface area contributed by atoms with Gasteiger partial charge in [-0.05, 0) is 27.6 Å². The maximum atomic E-state index is 10.5. The van der Waals surface area contributed by atoms with Crippen LogP contribution in [0.1, 0.15) is 18.0 Å². The molecule has 3 N–H and O–H groups in total. The highest BCUT2D eigenvalue weighted by atomic mass is 79.9. The molecule has 0 bridgehead atoms. The average molecular weight is 274 g/mol. The first kappa shape index (κ1) is 12.0. The van der Waals surface area contributed by atoms with Crippen molar-refractivity contribution in [2.24, 2.45) is 5.73 Å². The van der Waals surface area contributed by atoms with E-state index in [1.165, 1.54) is 0 Å². The Morgan fingerprint density at radius 1 is 1.67 bits per heavy atom. The van der Waals surface area contributed by atoms with Crippen molar-refractivity contribution in [3.8, 4) is 5.75 Å². The second kappa shape index (κ2) is 5.14. The fraction of sp³-hybridized carbons (Fsp3) is 0.300. The molecule has 0 fully saturated rings. The molecule has 1 rings (SSSR count). The standard InChI is InChI=1S/C10H12BrNO3/c1-15-8-4-2-3-6(10(8)11)7(12)5-9(13)14/h2-4,7H,5,12H2,1H3,(H,13,14). The summed E-state index contributed by atoms with van der Waals surface area (Å²) in [5, 5.41) is 8.64. The Morgan fingerprint density at radius 3 is 2.87 bits per heavy atom. The first-order chi connectivity index (χ1) is 7.06. The summed E-state index contributed by atoms with van der Waals surface area (Å²) in [5.74, 6) is -0.273. The van der Waals surface area contributed by atoms with Crippen LogP contribution < -0.4 is 10.5 Å². The van der Waals surface area contributed by atoms with E-state index >= 15 is 0 Å². The molecule has 1 aromatic carbocycles. The van der Waals surface area contributed by atoms with Crippen LogP contribution in [0.15, 0.2) is 22.7 Å². The Kier molecular flexibility index (Phi) is 4.11. The molecule has 1 aromatic rings. The fourth-order valence-electron chi connectivity index (χ4n) is 1.27. The number of methoxy groups -OCH3 is 1. The lowest BCUT2D eigenvalue weighted by Crippen LogP contribution is -2.15. The third-order valence-corrected chi connectivity index (χ3v) is 2.86. The predicted octanol–water partition coefficient (Wildman–Crippen LogP) is 1.93. The molecule has 5 heteroatoms. The van der Waals surface area contributed by atoms with Gasteiger partial charge in [0, 0.05) is 6.04 Å². The van der Waals surface area contributed by atoms with Crippen molar-refractivity contribution in [1.82, 2.24) is 0 Å². The molecule has 15 heavy (non-hydrogen) atoms. The molecule has 0 saturated heterocycles. The summed E-state index contributed by atoms with van der Waals surface area (Å²) in [7, 11) is 1.55. The number of carboxylic acid groups (broad SMARTS) is 1. The van der Waals surface area contributed by atoms with Crippen molar-refractivity contribution in [3.63, 3.8) is 0 Å². The third kappa shape index (κ3) is 2.94. The zero-order valence-electron chi connectivity index (χ0n) is 8.24. The molecule has 0 aliphatic heterocycles. The smallest absolute Gasteiger partial charge is 0.305 e. The SMILES string of the molecule is COc1cccc(C(N)CC(=O)O)c1Br. The highest BCUT2D eigenvalue weighted by Crippen LogP contribution is 2.32. The van der Waals surface area contributed by atoms with Crippen LogP contribution in [0.2, 0.25) is 0 Å². The van der Waals surface area contributed by atoms with Crippen molar-refractivity contribution < 1.29 is 14.6 Å². The van der Waals surface area contributed by atoms with Crippen LogP contribution in [0.4, 0.5) is 0 Å². The molecular weight excluding hydrogens is 262 g/mol. The van der Waals surface area contributed by atoms with E-state index in [1.807, 2.05) is 0 Å². The molecule has 82 valence electrons. The number of halogens is 1. The molecule has 0 spiro atoms. The number of aliphatic carboxylic acids is 1. The molecule has 4 nitrogen and oxygen atoms in total. The van der Waals surface area contributed by atoms with E-state index in [-0.39, 0.29) is 6.42 Å². The van der Waals surface area contributed by atoms with Gasteiger partial charge in [0.1, 0.15) is 5.75 Å². The molecular formula is C10H12BrNO3. The van der Waals surface area contributed by atoms with Crippen molar-refractivity contribution in [2.45, 2.75) is 12.5 Å². The van der Waals surface area contributed by atoms with Crippen LogP contribution in [0, 0.1) is 0 Å². The Labute approximate surface area is 96.2 Å². The monoisotopic (exact) mass is 273 g/mol. The first-order valence-corrected chi connectivity index (χ1v) is 5.15. The molecule has 0 radical (unpaired) electrons. The lowest BCUT2D eigenvalue weighted by atomic mass is 10.0. The molecule has 0 aliphatic rings. The van der Waals surface area contributed by atoms with E-state index in [4.69, 9.17) is 15.6 Å². The van der Waals surface area contributed by atoms with E-state index < -0.39 is 12.0 Å². The van der Waals surface area contributed by atoms with Gasteiger partial charge in [-0.15, -0.1) is 0 Å². The van der Waals surface area contributed by atoms with Gasteiger partial charge in [-0.2, -0.15) is 0 Å². The van der Waals surface area contributed by atoms with Gasteiger partial charge in [0.15, 0.2) is 0 Å². The van der Waals surface area contributed by atoms with Crippen molar-refractivity contribution in [1.29, 1.82) is 0 Å². The predicted molar refractivity (Wildman–Crippen MR) is 59.9 cm³/mol. The number of hydrogen-bond donors (Lipinski definition) is 2. The number of nitrogens with two attached hydrogens (primary N) is 1. The largest absolute Gasteiger partial charge is 0.496 e. The highest BCUT2D eigenvalue weighted by molar-refractivity contribution is 9.10. The lowest BCUT2D eigenvalue weighted by molar-refractivity contribution is -0.137. The van der Waals surface area contributed by atoms with E-state index in [1.54, 1.807) is 25.3 Å². The molecule has 0 heterocycles. The average Bonchev–Trinajstić information content (AvgIpc) is 2.17. The topological polar surface area (TPSA) is 72.5 Å². The normalized spacial score (nSPS) is 12.2.